The molecule has 0 saturated carbocycles. The molecule has 0 spiro atoms. The highest BCUT2D eigenvalue weighted by Gasteiger charge is 2.34. The smallest absolute Gasteiger partial charge is 0.340 e. The van der Waals surface area contributed by atoms with Gasteiger partial charge in [-0.1, -0.05) is 0 Å². The maximum Gasteiger partial charge on any atom is 0.340 e. The number of halogens is 3. The van der Waals surface area contributed by atoms with Gasteiger partial charge in [-0.2, -0.15) is 0 Å². The average molecular weight is 790 g/mol. The number of hydrogen-bond donors (Lipinski definition) is 4. The van der Waals surface area contributed by atoms with Gasteiger partial charge in [0.15, 0.2) is 6.10 Å². The van der Waals surface area contributed by atoms with E-state index in [0.29, 0.717) is 0 Å². The predicted molar refractivity (Wildman–Crippen MR) is 133 cm³/mol. The summed E-state index contributed by atoms with van der Waals surface area (Å²) in [6, 6.07) is 0. The van der Waals surface area contributed by atoms with E-state index < -0.39 is 48.4 Å². The van der Waals surface area contributed by atoms with Crippen LogP contribution in [-0.2, 0) is 28.6 Å². The lowest BCUT2D eigenvalue weighted by molar-refractivity contribution is -0.146. The number of aliphatic hydroxyl groups excluding tert-OH is 1. The van der Waals surface area contributed by atoms with Crippen molar-refractivity contribution in [3.63, 3.8) is 0 Å². The molecule has 0 aliphatic carbocycles. The average Bonchev–Trinajstić information content (AvgIpc) is 2.69. The molecule has 1 aromatic carbocycles. The third-order valence-corrected chi connectivity index (χ3v) is 7.01. The summed E-state index contributed by atoms with van der Waals surface area (Å²) in [5, 5.41) is 22.1. The number of carbonyl (C=O) groups is 5. The summed E-state index contributed by atoms with van der Waals surface area (Å²) in [5.74, 6) is -5.29. The molecule has 2 unspecified atom stereocenters. The summed E-state index contributed by atoms with van der Waals surface area (Å²) < 4.78 is 14.6. The number of esters is 2. The molecule has 0 heterocycles. The van der Waals surface area contributed by atoms with E-state index in [4.69, 9.17) is 15.2 Å². The largest absolute Gasteiger partial charge is 0.478 e. The Bertz CT molecular complexity index is 953. The number of methoxy groups -OCH3 is 2. The van der Waals surface area contributed by atoms with Crippen LogP contribution in [0.5, 0.6) is 0 Å². The van der Waals surface area contributed by atoms with Crippen molar-refractivity contribution in [1.29, 1.82) is 0 Å². The van der Waals surface area contributed by atoms with Crippen molar-refractivity contribution < 1.29 is 48.4 Å². The molecule has 2 amide bonds. The molecule has 176 valence electrons. The molecular weight excluding hydrogens is 773 g/mol. The number of anilines is 1. The fourth-order valence-corrected chi connectivity index (χ4v) is 6.63. The second-order valence-corrected chi connectivity index (χ2v) is 9.16. The summed E-state index contributed by atoms with van der Waals surface area (Å²) in [5.41, 5.74) is 4.53. The molecule has 15 heteroatoms. The van der Waals surface area contributed by atoms with E-state index in [9.17, 15) is 34.2 Å². The minimum atomic E-state index is -2.03. The number of hydrogen-bond acceptors (Lipinski definition) is 9. The molecule has 0 aliphatic heterocycles. The molecule has 32 heavy (non-hydrogen) atoms. The summed E-state index contributed by atoms with van der Waals surface area (Å²) in [6.45, 7) is -0.327. The number of primary amides is 1. The molecule has 0 bridgehead atoms. The molecule has 5 N–H and O–H groups in total. The third kappa shape index (κ3) is 7.09. The van der Waals surface area contributed by atoms with Crippen molar-refractivity contribution in [1.82, 2.24) is 0 Å². The number of benzene rings is 1. The Kier molecular flexibility index (Phi) is 11.5. The molecule has 0 aliphatic rings. The molecule has 0 fully saturated rings. The second-order valence-electron chi connectivity index (χ2n) is 5.92. The Morgan fingerprint density at radius 2 is 1.59 bits per heavy atom. The lowest BCUT2D eigenvalue weighted by Gasteiger charge is -2.22. The standard InChI is InChI=1S/C17H17I3N2O10/c1-30-4-6(23)22-13-11(19)8(16(27)28)10(18)9(12(13)20)17(29)32-5(3-7(24)31-2)14(25)15(21)26/h5,14,25H,3-4H2,1-2H3,(H2,21,26)(H,22,23)(H,27,28). The van der Waals surface area contributed by atoms with Crippen molar-refractivity contribution in [3.05, 3.63) is 21.8 Å². The molecule has 1 rings (SSSR count). The number of aliphatic hydroxyl groups is 1. The monoisotopic (exact) mass is 790 g/mol. The quantitative estimate of drug-likeness (QED) is 0.194. The van der Waals surface area contributed by atoms with Gasteiger partial charge in [-0.05, 0) is 67.8 Å². The van der Waals surface area contributed by atoms with Crippen LogP contribution >= 0.6 is 67.8 Å². The van der Waals surface area contributed by atoms with Gasteiger partial charge >= 0.3 is 17.9 Å². The Labute approximate surface area is 222 Å². The van der Waals surface area contributed by atoms with E-state index in [-0.39, 0.29) is 34.1 Å². The van der Waals surface area contributed by atoms with Gasteiger partial charge in [0.2, 0.25) is 11.8 Å². The zero-order valence-corrected chi connectivity index (χ0v) is 22.9. The minimum absolute atomic E-state index is 0.0241. The highest BCUT2D eigenvalue weighted by Crippen LogP contribution is 2.36. The zero-order valence-electron chi connectivity index (χ0n) is 16.4. The van der Waals surface area contributed by atoms with Crippen LogP contribution in [0.3, 0.4) is 0 Å². The van der Waals surface area contributed by atoms with Gasteiger partial charge in [0.1, 0.15) is 12.7 Å². The number of aromatic carboxylic acids is 1. The van der Waals surface area contributed by atoms with Gasteiger partial charge in [0.05, 0.1) is 37.5 Å². The molecular formula is C17H17I3N2O10. The van der Waals surface area contributed by atoms with E-state index in [1.807, 2.05) is 0 Å². The van der Waals surface area contributed by atoms with E-state index in [1.165, 1.54) is 7.11 Å². The maximum atomic E-state index is 13.0. The number of carbonyl (C=O) groups excluding carboxylic acids is 4. The number of carboxylic acid groups (broad SMARTS) is 1. The van der Waals surface area contributed by atoms with E-state index in [1.54, 1.807) is 67.8 Å². The van der Waals surface area contributed by atoms with Gasteiger partial charge < -0.3 is 35.5 Å². The van der Waals surface area contributed by atoms with Crippen LogP contribution in [0, 0.1) is 10.7 Å². The van der Waals surface area contributed by atoms with Gasteiger partial charge in [0.25, 0.3) is 0 Å². The lowest BCUT2D eigenvalue weighted by atomic mass is 10.1. The molecule has 12 nitrogen and oxygen atoms in total. The normalized spacial score (nSPS) is 12.4. The van der Waals surface area contributed by atoms with E-state index in [2.05, 4.69) is 10.1 Å². The number of nitrogens with two attached hydrogens (primary N) is 1. The van der Waals surface area contributed by atoms with Crippen molar-refractivity contribution in [2.45, 2.75) is 18.6 Å². The van der Waals surface area contributed by atoms with Gasteiger partial charge in [-0.15, -0.1) is 0 Å². The Balaban J connectivity index is 3.56. The summed E-state index contributed by atoms with van der Waals surface area (Å²) in [4.78, 5) is 59.8. The number of rotatable bonds is 10. The van der Waals surface area contributed by atoms with Crippen LogP contribution < -0.4 is 11.1 Å². The topological polar surface area (TPSA) is 192 Å². The van der Waals surface area contributed by atoms with Crippen LogP contribution in [0.15, 0.2) is 0 Å². The number of nitrogens with one attached hydrogen (secondary N) is 1. The van der Waals surface area contributed by atoms with Crippen molar-refractivity contribution in [2.75, 3.05) is 26.1 Å². The summed E-state index contributed by atoms with van der Waals surface area (Å²) in [7, 11) is 2.34. The fraction of sp³-hybridized carbons (Fsp3) is 0.353. The number of carboxylic acids is 1. The highest BCUT2D eigenvalue weighted by atomic mass is 127. The summed E-state index contributed by atoms with van der Waals surface area (Å²) in [6.07, 6.45) is -4.41. The van der Waals surface area contributed by atoms with Crippen LogP contribution in [-0.4, -0.2) is 73.0 Å². The molecule has 0 aromatic heterocycles. The Morgan fingerprint density at radius 3 is 2.06 bits per heavy atom. The molecule has 2 atom stereocenters. The van der Waals surface area contributed by atoms with Crippen molar-refractivity contribution in [2.24, 2.45) is 5.73 Å². The van der Waals surface area contributed by atoms with Crippen molar-refractivity contribution >= 4 is 103 Å². The molecule has 0 radical (unpaired) electrons. The SMILES string of the molecule is COCC(=O)Nc1c(I)c(C(=O)O)c(I)c(C(=O)OC(CC(=O)OC)C(O)C(N)=O)c1I. The Hall–Kier alpha value is -1.32. The first-order valence-electron chi connectivity index (χ1n) is 8.34. The van der Waals surface area contributed by atoms with E-state index >= 15 is 0 Å². The Morgan fingerprint density at radius 1 is 1.03 bits per heavy atom. The van der Waals surface area contributed by atoms with E-state index in [0.717, 1.165) is 7.11 Å². The van der Waals surface area contributed by atoms with Gasteiger partial charge in [-0.3, -0.25) is 14.4 Å². The minimum Gasteiger partial charge on any atom is -0.478 e. The van der Waals surface area contributed by atoms with Gasteiger partial charge in [0, 0.05) is 10.7 Å². The molecule has 0 saturated heterocycles. The van der Waals surface area contributed by atoms with Crippen LogP contribution in [0.1, 0.15) is 27.1 Å². The van der Waals surface area contributed by atoms with Crippen LogP contribution in [0.25, 0.3) is 0 Å². The van der Waals surface area contributed by atoms with Gasteiger partial charge in [-0.25, -0.2) is 9.59 Å². The zero-order chi connectivity index (χ0) is 24.7. The predicted octanol–water partition coefficient (Wildman–Crippen LogP) is 0.718. The van der Waals surface area contributed by atoms with Crippen molar-refractivity contribution in [3.8, 4) is 0 Å². The lowest BCUT2D eigenvalue weighted by Crippen LogP contribution is -2.43. The summed E-state index contributed by atoms with van der Waals surface area (Å²) >= 11 is 5.06. The molecule has 1 aromatic rings. The second kappa shape index (κ2) is 12.8. The van der Waals surface area contributed by atoms with Crippen LogP contribution in [0.4, 0.5) is 5.69 Å². The first kappa shape index (κ1) is 28.7. The fourth-order valence-electron chi connectivity index (χ4n) is 2.29. The maximum absolute atomic E-state index is 13.0. The highest BCUT2D eigenvalue weighted by molar-refractivity contribution is 14.1. The first-order chi connectivity index (χ1) is 14.9. The first-order valence-corrected chi connectivity index (χ1v) is 11.6. The number of ether oxygens (including phenoxy) is 3. The van der Waals surface area contributed by atoms with Crippen LogP contribution in [0.2, 0.25) is 0 Å². The third-order valence-electron chi connectivity index (χ3n) is 3.77. The number of amides is 2.